The highest BCUT2D eigenvalue weighted by Crippen LogP contribution is 2.10. The number of carbonyl (C=O) groups excluding carboxylic acids is 1. The molecule has 0 radical (unpaired) electrons. The van der Waals surface area contributed by atoms with Gasteiger partial charge in [0.05, 0.1) is 24.8 Å². The number of nitrogens with zero attached hydrogens (tertiary/aromatic N) is 1. The molecule has 0 atom stereocenters. The normalized spacial score (nSPS) is 9.86. The minimum atomic E-state index is -0.639. The molecule has 5 nitrogen and oxygen atoms in total. The first-order valence-electron chi connectivity index (χ1n) is 6.28. The van der Waals surface area contributed by atoms with Gasteiger partial charge in [-0.3, -0.25) is 4.79 Å². The number of carbonyl (C=O) groups is 1. The van der Waals surface area contributed by atoms with Crippen molar-refractivity contribution in [2.45, 2.75) is 13.5 Å². The maximum atomic E-state index is 13.9. The number of aryl methyl sites for hydroxylation is 1. The molecule has 0 saturated carbocycles. The topological polar surface area (TPSA) is 81.2 Å². The number of rotatable bonds is 3. The van der Waals surface area contributed by atoms with Crippen molar-refractivity contribution < 1.29 is 13.6 Å². The minimum Gasteiger partial charge on any atom is -0.444 e. The number of nitrogens with two attached hydrogens (primary N) is 1. The van der Waals surface area contributed by atoms with E-state index in [0.717, 1.165) is 0 Å². The van der Waals surface area contributed by atoms with Gasteiger partial charge in [-0.25, -0.2) is 9.37 Å². The van der Waals surface area contributed by atoms with E-state index < -0.39 is 11.7 Å². The van der Waals surface area contributed by atoms with Crippen LogP contribution in [-0.4, -0.2) is 17.4 Å². The van der Waals surface area contributed by atoms with Crippen molar-refractivity contribution in [2.75, 3.05) is 6.54 Å². The van der Waals surface area contributed by atoms with Crippen LogP contribution in [0.25, 0.3) is 0 Å². The molecule has 1 amide bonds. The zero-order chi connectivity index (χ0) is 15.2. The van der Waals surface area contributed by atoms with Crippen LogP contribution >= 0.6 is 0 Å². The molecule has 1 aromatic heterocycles. The van der Waals surface area contributed by atoms with E-state index in [9.17, 15) is 9.18 Å². The van der Waals surface area contributed by atoms with Crippen molar-refractivity contribution in [3.63, 3.8) is 0 Å². The fourth-order valence-electron chi connectivity index (χ4n) is 1.66. The Bertz CT molecular complexity index is 713. The second-order valence-electron chi connectivity index (χ2n) is 4.25. The van der Waals surface area contributed by atoms with Crippen molar-refractivity contribution >= 4 is 5.91 Å². The Balaban J connectivity index is 2.05. The molecular weight excluding hydrogens is 273 g/mol. The third kappa shape index (κ3) is 3.91. The highest BCUT2D eigenvalue weighted by molar-refractivity contribution is 5.94. The van der Waals surface area contributed by atoms with Gasteiger partial charge < -0.3 is 15.5 Å². The number of hydrogen-bond donors (Lipinski definition) is 2. The van der Waals surface area contributed by atoms with Crippen LogP contribution in [0.2, 0.25) is 0 Å². The van der Waals surface area contributed by atoms with E-state index >= 15 is 0 Å². The fourth-order valence-corrected chi connectivity index (χ4v) is 1.66. The Kier molecular flexibility index (Phi) is 4.69. The third-order valence-corrected chi connectivity index (χ3v) is 2.62. The SMILES string of the molecule is Cc1cnc(CNC(=O)c2ccc(C#CCN)cc2F)o1. The van der Waals surface area contributed by atoms with Gasteiger partial charge in [-0.2, -0.15) is 0 Å². The summed E-state index contributed by atoms with van der Waals surface area (Å²) in [5.41, 5.74) is 5.65. The monoisotopic (exact) mass is 287 g/mol. The number of aromatic nitrogens is 1. The molecule has 0 saturated heterocycles. The molecule has 0 bridgehead atoms. The van der Waals surface area contributed by atoms with Crippen molar-refractivity contribution in [3.05, 3.63) is 53.0 Å². The molecule has 2 aromatic rings. The van der Waals surface area contributed by atoms with Gasteiger partial charge in [0, 0.05) is 5.56 Å². The van der Waals surface area contributed by atoms with Crippen molar-refractivity contribution in [1.82, 2.24) is 10.3 Å². The van der Waals surface area contributed by atoms with Crippen LogP contribution in [0.15, 0.2) is 28.8 Å². The Morgan fingerprint density at radius 2 is 2.33 bits per heavy atom. The van der Waals surface area contributed by atoms with Crippen LogP contribution < -0.4 is 11.1 Å². The Hall–Kier alpha value is -2.65. The van der Waals surface area contributed by atoms with E-state index in [0.29, 0.717) is 17.2 Å². The molecule has 1 aromatic carbocycles. The summed E-state index contributed by atoms with van der Waals surface area (Å²) in [5.74, 6) is 5.15. The second-order valence-corrected chi connectivity index (χ2v) is 4.25. The molecule has 0 fully saturated rings. The maximum absolute atomic E-state index is 13.9. The highest BCUT2D eigenvalue weighted by atomic mass is 19.1. The fraction of sp³-hybridized carbons (Fsp3) is 0.200. The lowest BCUT2D eigenvalue weighted by Crippen LogP contribution is -2.24. The van der Waals surface area contributed by atoms with Gasteiger partial charge in [0.25, 0.3) is 5.91 Å². The summed E-state index contributed by atoms with van der Waals surface area (Å²) in [4.78, 5) is 15.8. The molecule has 0 spiro atoms. The van der Waals surface area contributed by atoms with E-state index in [1.165, 1.54) is 12.1 Å². The molecule has 0 aliphatic rings. The van der Waals surface area contributed by atoms with Gasteiger partial charge in [0.1, 0.15) is 11.6 Å². The van der Waals surface area contributed by atoms with Gasteiger partial charge in [-0.05, 0) is 25.1 Å². The van der Waals surface area contributed by atoms with Crippen LogP contribution in [0.4, 0.5) is 4.39 Å². The molecule has 3 N–H and O–H groups in total. The predicted molar refractivity (Wildman–Crippen MR) is 74.7 cm³/mol. The summed E-state index contributed by atoms with van der Waals surface area (Å²) in [6.07, 6.45) is 1.55. The number of hydrogen-bond acceptors (Lipinski definition) is 4. The van der Waals surface area contributed by atoms with Crippen molar-refractivity contribution in [2.24, 2.45) is 5.73 Å². The molecule has 21 heavy (non-hydrogen) atoms. The first-order chi connectivity index (χ1) is 10.1. The number of nitrogens with one attached hydrogen (secondary N) is 1. The molecule has 0 unspecified atom stereocenters. The van der Waals surface area contributed by atoms with E-state index in [4.69, 9.17) is 10.2 Å². The van der Waals surface area contributed by atoms with E-state index in [1.54, 1.807) is 19.2 Å². The molecule has 1 heterocycles. The minimum absolute atomic E-state index is 0.0587. The van der Waals surface area contributed by atoms with Gasteiger partial charge in [0.2, 0.25) is 5.89 Å². The van der Waals surface area contributed by atoms with Crippen LogP contribution in [0.3, 0.4) is 0 Å². The lowest BCUT2D eigenvalue weighted by molar-refractivity contribution is 0.0943. The van der Waals surface area contributed by atoms with Crippen LogP contribution in [-0.2, 0) is 6.54 Å². The largest absolute Gasteiger partial charge is 0.444 e. The first-order valence-corrected chi connectivity index (χ1v) is 6.28. The predicted octanol–water partition coefficient (Wildman–Crippen LogP) is 1.36. The number of oxazole rings is 1. The van der Waals surface area contributed by atoms with Gasteiger partial charge >= 0.3 is 0 Å². The quantitative estimate of drug-likeness (QED) is 0.835. The van der Waals surface area contributed by atoms with Crippen LogP contribution in [0.1, 0.15) is 27.6 Å². The summed E-state index contributed by atoms with van der Waals surface area (Å²) in [5, 5.41) is 2.54. The number of halogens is 1. The van der Waals surface area contributed by atoms with E-state index in [-0.39, 0.29) is 18.7 Å². The number of benzene rings is 1. The van der Waals surface area contributed by atoms with E-state index in [2.05, 4.69) is 22.1 Å². The van der Waals surface area contributed by atoms with Gasteiger partial charge in [0.15, 0.2) is 0 Å². The highest BCUT2D eigenvalue weighted by Gasteiger charge is 2.12. The summed E-state index contributed by atoms with van der Waals surface area (Å²) < 4.78 is 19.1. The average molecular weight is 287 g/mol. The second kappa shape index (κ2) is 6.68. The Morgan fingerprint density at radius 1 is 1.52 bits per heavy atom. The van der Waals surface area contributed by atoms with Crippen LogP contribution in [0.5, 0.6) is 0 Å². The summed E-state index contributed by atoms with van der Waals surface area (Å²) in [6.45, 7) is 2.04. The van der Waals surface area contributed by atoms with Gasteiger partial charge in [-0.15, -0.1) is 0 Å². The average Bonchev–Trinajstić information content (AvgIpc) is 2.88. The zero-order valence-corrected chi connectivity index (χ0v) is 11.4. The summed E-state index contributed by atoms with van der Waals surface area (Å²) in [6, 6.07) is 4.15. The third-order valence-electron chi connectivity index (χ3n) is 2.62. The molecule has 0 aliphatic carbocycles. The summed E-state index contributed by atoms with van der Waals surface area (Å²) >= 11 is 0. The molecule has 108 valence electrons. The van der Waals surface area contributed by atoms with Gasteiger partial charge in [-0.1, -0.05) is 11.8 Å². The smallest absolute Gasteiger partial charge is 0.254 e. The first kappa shape index (κ1) is 14.8. The van der Waals surface area contributed by atoms with E-state index in [1.807, 2.05) is 0 Å². The Labute approximate surface area is 121 Å². The number of amides is 1. The Morgan fingerprint density at radius 3 is 2.95 bits per heavy atom. The zero-order valence-electron chi connectivity index (χ0n) is 11.4. The molecular formula is C15H14FN3O2. The maximum Gasteiger partial charge on any atom is 0.254 e. The molecule has 2 rings (SSSR count). The standard InChI is InChI=1S/C15H14FN3O2/c1-10-8-18-14(21-10)9-19-15(20)12-5-4-11(3-2-6-17)7-13(12)16/h4-5,7-8H,6,9,17H2,1H3,(H,19,20). The van der Waals surface area contributed by atoms with Crippen LogP contribution in [0, 0.1) is 24.6 Å². The summed E-state index contributed by atoms with van der Waals surface area (Å²) in [7, 11) is 0. The van der Waals surface area contributed by atoms with Crippen molar-refractivity contribution in [3.8, 4) is 11.8 Å². The lowest BCUT2D eigenvalue weighted by atomic mass is 10.1. The lowest BCUT2D eigenvalue weighted by Gasteiger charge is -2.04. The molecule has 0 aliphatic heterocycles. The molecule has 6 heteroatoms. The van der Waals surface area contributed by atoms with Crippen molar-refractivity contribution in [1.29, 1.82) is 0 Å².